The number of hydrogen-bond acceptors (Lipinski definition) is 2. The Morgan fingerprint density at radius 1 is 1.17 bits per heavy atom. The van der Waals surface area contributed by atoms with Gasteiger partial charge in [0.05, 0.1) is 10.2 Å². The van der Waals surface area contributed by atoms with Gasteiger partial charge < -0.3 is 0 Å². The molecule has 1 aliphatic carbocycles. The van der Waals surface area contributed by atoms with E-state index < -0.39 is 0 Å². The molecule has 3 rings (SSSR count). The average Bonchev–Trinajstić information content (AvgIpc) is 3.16. The molecule has 1 aromatic heterocycles. The molecule has 2 aromatic rings. The van der Waals surface area contributed by atoms with Crippen molar-refractivity contribution >= 4 is 31.9 Å². The van der Waals surface area contributed by atoms with E-state index >= 15 is 0 Å². The van der Waals surface area contributed by atoms with Gasteiger partial charge in [-0.1, -0.05) is 6.07 Å². The summed E-state index contributed by atoms with van der Waals surface area (Å²) >= 11 is 6.56. The molecule has 2 nitrogen and oxygen atoms in total. The van der Waals surface area contributed by atoms with Crippen LogP contribution in [0.15, 0.2) is 33.3 Å². The molecule has 1 saturated carbocycles. The van der Waals surface area contributed by atoms with Crippen molar-refractivity contribution in [2.75, 3.05) is 0 Å². The van der Waals surface area contributed by atoms with Crippen molar-refractivity contribution in [2.24, 2.45) is 0 Å². The second-order valence-electron chi connectivity index (χ2n) is 4.31. The Morgan fingerprint density at radius 2 is 1.94 bits per heavy atom. The fourth-order valence-electron chi connectivity index (χ4n) is 1.80. The maximum absolute atomic E-state index is 14.0. The van der Waals surface area contributed by atoms with Crippen molar-refractivity contribution in [3.05, 3.63) is 45.0 Å². The Balaban J connectivity index is 2.13. The normalized spacial score (nSPS) is 14.8. The van der Waals surface area contributed by atoms with Crippen LogP contribution in [0.2, 0.25) is 0 Å². The molecule has 5 heteroatoms. The van der Waals surface area contributed by atoms with Crippen LogP contribution in [-0.2, 0) is 0 Å². The lowest BCUT2D eigenvalue weighted by Crippen LogP contribution is -1.97. The topological polar surface area (TPSA) is 25.8 Å². The fourth-order valence-corrected chi connectivity index (χ4v) is 2.56. The minimum atomic E-state index is -0.287. The molecule has 1 heterocycles. The molecular formula is C13H9Br2FN2. The summed E-state index contributed by atoms with van der Waals surface area (Å²) in [6.07, 6.45) is 2.24. The second-order valence-corrected chi connectivity index (χ2v) is 5.98. The lowest BCUT2D eigenvalue weighted by molar-refractivity contribution is 0.624. The van der Waals surface area contributed by atoms with Crippen LogP contribution in [0.5, 0.6) is 0 Å². The van der Waals surface area contributed by atoms with Crippen molar-refractivity contribution in [3.63, 3.8) is 0 Å². The lowest BCUT2D eigenvalue weighted by Gasteiger charge is -2.06. The van der Waals surface area contributed by atoms with Crippen molar-refractivity contribution < 1.29 is 4.39 Å². The predicted octanol–water partition coefficient (Wildman–Crippen LogP) is 4.69. The average molecular weight is 372 g/mol. The standard InChI is InChI=1S/C13H9Br2FN2/c14-9-3-1-2-8(12(9)16)10-6-11(15)18-13(17-10)7-4-5-7/h1-3,6-7H,4-5H2. The largest absolute Gasteiger partial charge is 0.232 e. The van der Waals surface area contributed by atoms with Crippen LogP contribution in [0.1, 0.15) is 24.6 Å². The van der Waals surface area contributed by atoms with E-state index in [1.165, 1.54) is 0 Å². The van der Waals surface area contributed by atoms with Gasteiger partial charge in [0, 0.05) is 11.5 Å². The van der Waals surface area contributed by atoms with E-state index in [0.29, 0.717) is 26.3 Å². The van der Waals surface area contributed by atoms with Crippen molar-refractivity contribution in [1.29, 1.82) is 0 Å². The van der Waals surface area contributed by atoms with E-state index in [1.807, 2.05) is 0 Å². The Kier molecular flexibility index (Phi) is 3.20. The molecule has 0 aliphatic heterocycles. The third-order valence-electron chi connectivity index (χ3n) is 2.88. The highest BCUT2D eigenvalue weighted by Gasteiger charge is 2.27. The van der Waals surface area contributed by atoms with E-state index in [-0.39, 0.29) is 5.82 Å². The van der Waals surface area contributed by atoms with Crippen LogP contribution >= 0.6 is 31.9 Å². The molecular weight excluding hydrogens is 363 g/mol. The van der Waals surface area contributed by atoms with Crippen molar-refractivity contribution in [1.82, 2.24) is 9.97 Å². The Hall–Kier alpha value is -0.810. The van der Waals surface area contributed by atoms with Crippen LogP contribution in [0.25, 0.3) is 11.3 Å². The van der Waals surface area contributed by atoms with Gasteiger partial charge in [0.15, 0.2) is 0 Å². The molecule has 0 radical (unpaired) electrons. The van der Waals surface area contributed by atoms with Gasteiger partial charge in [0.25, 0.3) is 0 Å². The number of nitrogens with zero attached hydrogens (tertiary/aromatic N) is 2. The third-order valence-corrected chi connectivity index (χ3v) is 3.90. The Bertz CT molecular complexity index is 612. The molecule has 92 valence electrons. The van der Waals surface area contributed by atoms with Gasteiger partial charge in [-0.25, -0.2) is 14.4 Å². The third kappa shape index (κ3) is 2.34. The van der Waals surface area contributed by atoms with E-state index in [0.717, 1.165) is 18.7 Å². The zero-order valence-corrected chi connectivity index (χ0v) is 12.5. The van der Waals surface area contributed by atoms with E-state index in [2.05, 4.69) is 41.8 Å². The van der Waals surface area contributed by atoms with Gasteiger partial charge in [0.1, 0.15) is 16.2 Å². The zero-order chi connectivity index (χ0) is 12.7. The summed E-state index contributed by atoms with van der Waals surface area (Å²) in [5.41, 5.74) is 1.12. The van der Waals surface area contributed by atoms with Gasteiger partial charge in [-0.3, -0.25) is 0 Å². The maximum atomic E-state index is 14.0. The van der Waals surface area contributed by atoms with Crippen LogP contribution in [-0.4, -0.2) is 9.97 Å². The number of rotatable bonds is 2. The van der Waals surface area contributed by atoms with Gasteiger partial charge in [-0.05, 0) is 62.9 Å². The first-order valence-corrected chi connectivity index (χ1v) is 7.22. The van der Waals surface area contributed by atoms with Crippen LogP contribution in [0.3, 0.4) is 0 Å². The number of halogens is 3. The summed E-state index contributed by atoms with van der Waals surface area (Å²) in [7, 11) is 0. The van der Waals surface area contributed by atoms with E-state index in [1.54, 1.807) is 24.3 Å². The molecule has 0 unspecified atom stereocenters. The monoisotopic (exact) mass is 370 g/mol. The number of hydrogen-bond donors (Lipinski definition) is 0. The zero-order valence-electron chi connectivity index (χ0n) is 9.33. The number of aromatic nitrogens is 2. The number of benzene rings is 1. The quantitative estimate of drug-likeness (QED) is 0.716. The first kappa shape index (κ1) is 12.2. The maximum Gasteiger partial charge on any atom is 0.146 e. The molecule has 18 heavy (non-hydrogen) atoms. The molecule has 0 N–H and O–H groups in total. The highest BCUT2D eigenvalue weighted by Crippen LogP contribution is 2.39. The molecule has 0 bridgehead atoms. The van der Waals surface area contributed by atoms with Crippen LogP contribution in [0.4, 0.5) is 4.39 Å². The highest BCUT2D eigenvalue weighted by atomic mass is 79.9. The minimum absolute atomic E-state index is 0.287. The van der Waals surface area contributed by atoms with Gasteiger partial charge in [-0.15, -0.1) is 0 Å². The van der Waals surface area contributed by atoms with Gasteiger partial charge >= 0.3 is 0 Å². The minimum Gasteiger partial charge on any atom is -0.232 e. The highest BCUT2D eigenvalue weighted by molar-refractivity contribution is 9.10. The second kappa shape index (κ2) is 4.70. The Labute approximate surface area is 121 Å². The van der Waals surface area contributed by atoms with E-state index in [9.17, 15) is 4.39 Å². The molecule has 1 aromatic carbocycles. The molecule has 1 aliphatic rings. The summed E-state index contributed by atoms with van der Waals surface area (Å²) in [5.74, 6) is 0.958. The molecule has 0 atom stereocenters. The Morgan fingerprint density at radius 3 is 2.67 bits per heavy atom. The SMILES string of the molecule is Fc1c(Br)cccc1-c1cc(Br)nc(C2CC2)n1. The first-order valence-electron chi connectivity index (χ1n) is 5.64. The first-order chi connectivity index (χ1) is 8.65. The summed E-state index contributed by atoms with van der Waals surface area (Å²) in [6, 6.07) is 6.95. The van der Waals surface area contributed by atoms with Gasteiger partial charge in [0.2, 0.25) is 0 Å². The van der Waals surface area contributed by atoms with E-state index in [4.69, 9.17) is 0 Å². The lowest BCUT2D eigenvalue weighted by atomic mass is 10.1. The summed E-state index contributed by atoms with van der Waals surface area (Å²) in [6.45, 7) is 0. The summed E-state index contributed by atoms with van der Waals surface area (Å²) in [4.78, 5) is 8.81. The van der Waals surface area contributed by atoms with Crippen molar-refractivity contribution in [3.8, 4) is 11.3 Å². The van der Waals surface area contributed by atoms with Crippen LogP contribution in [0, 0.1) is 5.82 Å². The van der Waals surface area contributed by atoms with Crippen LogP contribution < -0.4 is 0 Å². The fraction of sp³-hybridized carbons (Fsp3) is 0.231. The summed E-state index contributed by atoms with van der Waals surface area (Å²) < 4.78 is 15.2. The van der Waals surface area contributed by atoms with Gasteiger partial charge in [-0.2, -0.15) is 0 Å². The smallest absolute Gasteiger partial charge is 0.146 e. The molecule has 1 fully saturated rings. The molecule has 0 saturated heterocycles. The van der Waals surface area contributed by atoms with Crippen molar-refractivity contribution in [2.45, 2.75) is 18.8 Å². The predicted molar refractivity (Wildman–Crippen MR) is 74.8 cm³/mol. The summed E-state index contributed by atoms with van der Waals surface area (Å²) in [5, 5.41) is 0. The molecule has 0 spiro atoms. The molecule has 0 amide bonds.